The molecule has 1 heterocycles. The lowest BCUT2D eigenvalue weighted by Gasteiger charge is -2.33. The fourth-order valence-corrected chi connectivity index (χ4v) is 2.54. The van der Waals surface area contributed by atoms with Crippen LogP contribution in [0.4, 0.5) is 4.79 Å². The van der Waals surface area contributed by atoms with E-state index in [1.165, 1.54) is 12.8 Å². The van der Waals surface area contributed by atoms with Gasteiger partial charge in [-0.15, -0.1) is 0 Å². The van der Waals surface area contributed by atoms with Crippen molar-refractivity contribution in [1.82, 2.24) is 10.6 Å². The second-order valence-electron chi connectivity index (χ2n) is 6.25. The van der Waals surface area contributed by atoms with Crippen molar-refractivity contribution in [3.05, 3.63) is 0 Å². The van der Waals surface area contributed by atoms with Crippen LogP contribution in [0.3, 0.4) is 0 Å². The Hall–Kier alpha value is -0.770. The summed E-state index contributed by atoms with van der Waals surface area (Å²) >= 11 is 0. The van der Waals surface area contributed by atoms with E-state index in [0.29, 0.717) is 12.0 Å². The SMILES string of the molecule is CC(C)(C)OC(=O)NC1CCNCC1C1CC1. The number of amides is 1. The number of nitrogens with one attached hydrogen (secondary N) is 2. The van der Waals surface area contributed by atoms with Gasteiger partial charge in [0.25, 0.3) is 0 Å². The smallest absolute Gasteiger partial charge is 0.407 e. The van der Waals surface area contributed by atoms with Crippen molar-refractivity contribution >= 4 is 6.09 Å². The third kappa shape index (κ3) is 3.87. The van der Waals surface area contributed by atoms with E-state index in [9.17, 15) is 4.79 Å². The summed E-state index contributed by atoms with van der Waals surface area (Å²) in [6.07, 6.45) is 3.38. The summed E-state index contributed by atoms with van der Waals surface area (Å²) in [7, 11) is 0. The summed E-state index contributed by atoms with van der Waals surface area (Å²) in [6, 6.07) is 0.290. The molecule has 0 bridgehead atoms. The molecule has 98 valence electrons. The average Bonchev–Trinajstić information content (AvgIpc) is 2.98. The number of alkyl carbamates (subject to hydrolysis) is 1. The quantitative estimate of drug-likeness (QED) is 0.775. The Morgan fingerprint density at radius 1 is 1.29 bits per heavy atom. The Bertz CT molecular complexity index is 282. The van der Waals surface area contributed by atoms with Crippen LogP contribution in [-0.4, -0.2) is 30.8 Å². The molecule has 1 saturated heterocycles. The first-order chi connectivity index (χ1) is 7.96. The number of ether oxygens (including phenoxy) is 1. The zero-order valence-electron chi connectivity index (χ0n) is 11.1. The minimum atomic E-state index is -0.411. The number of carbonyl (C=O) groups excluding carboxylic acids is 1. The predicted octanol–water partition coefficient (Wildman–Crippen LogP) is 1.90. The maximum absolute atomic E-state index is 11.8. The molecule has 0 aromatic rings. The highest BCUT2D eigenvalue weighted by atomic mass is 16.6. The van der Waals surface area contributed by atoms with Gasteiger partial charge in [0.2, 0.25) is 0 Å². The normalized spacial score (nSPS) is 29.8. The molecule has 2 atom stereocenters. The van der Waals surface area contributed by atoms with Crippen molar-refractivity contribution < 1.29 is 9.53 Å². The van der Waals surface area contributed by atoms with Gasteiger partial charge in [-0.05, 0) is 58.4 Å². The van der Waals surface area contributed by atoms with Crippen molar-refractivity contribution in [1.29, 1.82) is 0 Å². The standard InChI is InChI=1S/C13H24N2O2/c1-13(2,3)17-12(16)15-11-6-7-14-8-10(11)9-4-5-9/h9-11,14H,4-8H2,1-3H3,(H,15,16). The van der Waals surface area contributed by atoms with E-state index in [4.69, 9.17) is 4.74 Å². The monoisotopic (exact) mass is 240 g/mol. The van der Waals surface area contributed by atoms with Gasteiger partial charge in [-0.3, -0.25) is 0 Å². The summed E-state index contributed by atoms with van der Waals surface area (Å²) in [5, 5.41) is 6.46. The van der Waals surface area contributed by atoms with Crippen LogP contribution in [-0.2, 0) is 4.74 Å². The van der Waals surface area contributed by atoms with Crippen molar-refractivity contribution in [2.75, 3.05) is 13.1 Å². The molecular weight excluding hydrogens is 216 g/mol. The van der Waals surface area contributed by atoms with Gasteiger partial charge in [0, 0.05) is 12.6 Å². The average molecular weight is 240 g/mol. The number of hydrogen-bond acceptors (Lipinski definition) is 3. The Balaban J connectivity index is 1.85. The van der Waals surface area contributed by atoms with Crippen molar-refractivity contribution in [2.45, 2.75) is 51.7 Å². The Kier molecular flexibility index (Phi) is 3.61. The molecule has 4 heteroatoms. The third-order valence-corrected chi connectivity index (χ3v) is 3.46. The number of hydrogen-bond donors (Lipinski definition) is 2. The van der Waals surface area contributed by atoms with E-state index in [0.717, 1.165) is 25.4 Å². The highest BCUT2D eigenvalue weighted by Gasteiger charge is 2.38. The fourth-order valence-electron chi connectivity index (χ4n) is 2.54. The first-order valence-corrected chi connectivity index (χ1v) is 6.66. The van der Waals surface area contributed by atoms with Crippen LogP contribution in [0.1, 0.15) is 40.0 Å². The van der Waals surface area contributed by atoms with Gasteiger partial charge in [0.1, 0.15) is 5.60 Å². The molecule has 1 aliphatic heterocycles. The maximum Gasteiger partial charge on any atom is 0.407 e. The Morgan fingerprint density at radius 3 is 2.59 bits per heavy atom. The van der Waals surface area contributed by atoms with Gasteiger partial charge in [-0.25, -0.2) is 4.79 Å². The molecule has 2 N–H and O–H groups in total. The lowest BCUT2D eigenvalue weighted by atomic mass is 9.89. The molecule has 2 rings (SSSR count). The minimum absolute atomic E-state index is 0.268. The van der Waals surface area contributed by atoms with E-state index in [-0.39, 0.29) is 6.09 Å². The summed E-state index contributed by atoms with van der Waals surface area (Å²) in [5.74, 6) is 1.40. The van der Waals surface area contributed by atoms with Gasteiger partial charge in [-0.1, -0.05) is 0 Å². The molecule has 0 aromatic heterocycles. The van der Waals surface area contributed by atoms with E-state index >= 15 is 0 Å². The van der Waals surface area contributed by atoms with Crippen LogP contribution in [0.15, 0.2) is 0 Å². The topological polar surface area (TPSA) is 50.4 Å². The molecule has 17 heavy (non-hydrogen) atoms. The summed E-state index contributed by atoms with van der Waals surface area (Å²) in [6.45, 7) is 7.71. The molecule has 1 saturated carbocycles. The summed E-state index contributed by atoms with van der Waals surface area (Å²) in [4.78, 5) is 11.8. The zero-order valence-corrected chi connectivity index (χ0v) is 11.1. The first kappa shape index (κ1) is 12.7. The highest BCUT2D eigenvalue weighted by molar-refractivity contribution is 5.68. The van der Waals surface area contributed by atoms with E-state index < -0.39 is 5.60 Å². The third-order valence-electron chi connectivity index (χ3n) is 3.46. The van der Waals surface area contributed by atoms with E-state index in [1.54, 1.807) is 0 Å². The van der Waals surface area contributed by atoms with Gasteiger partial charge in [-0.2, -0.15) is 0 Å². The van der Waals surface area contributed by atoms with Crippen LogP contribution in [0.25, 0.3) is 0 Å². The van der Waals surface area contributed by atoms with Crippen LogP contribution in [0.5, 0.6) is 0 Å². The van der Waals surface area contributed by atoms with Crippen molar-refractivity contribution in [3.63, 3.8) is 0 Å². The predicted molar refractivity (Wildman–Crippen MR) is 66.9 cm³/mol. The fraction of sp³-hybridized carbons (Fsp3) is 0.923. The van der Waals surface area contributed by atoms with Crippen LogP contribution < -0.4 is 10.6 Å². The molecule has 2 fully saturated rings. The molecule has 4 nitrogen and oxygen atoms in total. The summed E-state index contributed by atoms with van der Waals surface area (Å²) < 4.78 is 5.32. The molecule has 1 aliphatic carbocycles. The van der Waals surface area contributed by atoms with Gasteiger partial charge in [0.05, 0.1) is 0 Å². The van der Waals surface area contributed by atoms with Crippen LogP contribution >= 0.6 is 0 Å². The number of piperidine rings is 1. The second-order valence-corrected chi connectivity index (χ2v) is 6.25. The number of rotatable bonds is 2. The Labute approximate surface area is 103 Å². The van der Waals surface area contributed by atoms with Crippen molar-refractivity contribution in [3.8, 4) is 0 Å². The number of carbonyl (C=O) groups is 1. The molecule has 2 unspecified atom stereocenters. The molecule has 0 radical (unpaired) electrons. The minimum Gasteiger partial charge on any atom is -0.444 e. The zero-order chi connectivity index (χ0) is 12.5. The largest absolute Gasteiger partial charge is 0.444 e. The molecular formula is C13H24N2O2. The second kappa shape index (κ2) is 4.84. The molecule has 1 amide bonds. The summed E-state index contributed by atoms with van der Waals surface area (Å²) in [5.41, 5.74) is -0.411. The van der Waals surface area contributed by atoms with Gasteiger partial charge >= 0.3 is 6.09 Å². The van der Waals surface area contributed by atoms with Crippen LogP contribution in [0.2, 0.25) is 0 Å². The molecule has 2 aliphatic rings. The molecule has 0 spiro atoms. The Morgan fingerprint density at radius 2 is 2.00 bits per heavy atom. The van der Waals surface area contributed by atoms with E-state index in [2.05, 4.69) is 10.6 Å². The molecule has 0 aromatic carbocycles. The maximum atomic E-state index is 11.8. The van der Waals surface area contributed by atoms with Gasteiger partial charge in [0.15, 0.2) is 0 Å². The van der Waals surface area contributed by atoms with Crippen LogP contribution in [0, 0.1) is 11.8 Å². The first-order valence-electron chi connectivity index (χ1n) is 6.66. The van der Waals surface area contributed by atoms with Crippen molar-refractivity contribution in [2.24, 2.45) is 11.8 Å². The van der Waals surface area contributed by atoms with E-state index in [1.807, 2.05) is 20.8 Å². The lowest BCUT2D eigenvalue weighted by Crippen LogP contribution is -2.51. The van der Waals surface area contributed by atoms with Gasteiger partial charge < -0.3 is 15.4 Å². The highest BCUT2D eigenvalue weighted by Crippen LogP contribution is 2.39. The lowest BCUT2D eigenvalue weighted by molar-refractivity contribution is 0.0468.